The molecule has 2 aromatic carbocycles. The Hall–Kier alpha value is -1.80. The highest BCUT2D eigenvalue weighted by atomic mass is 32.1. The molecular weight excluding hydrogens is 264 g/mol. The van der Waals surface area contributed by atoms with Crippen LogP contribution in [0.2, 0.25) is 0 Å². The molecule has 1 nitrogen and oxygen atoms in total. The molecule has 0 saturated heterocycles. The number of fused-ring (bicyclic) bond motifs is 1. The molecule has 0 bridgehead atoms. The summed E-state index contributed by atoms with van der Waals surface area (Å²) in [5.74, 6) is 0.989. The van der Waals surface area contributed by atoms with Crippen LogP contribution in [0.5, 0.6) is 5.75 Å². The van der Waals surface area contributed by atoms with Gasteiger partial charge in [-0.2, -0.15) is 0 Å². The first-order valence-electron chi connectivity index (χ1n) is 6.86. The second-order valence-corrected chi connectivity index (χ2v) is 5.99. The molecule has 0 aliphatic heterocycles. The van der Waals surface area contributed by atoms with E-state index in [-0.39, 0.29) is 0 Å². The molecule has 0 spiro atoms. The van der Waals surface area contributed by atoms with Gasteiger partial charge >= 0.3 is 0 Å². The molecular formula is C18H18OS. The smallest absolute Gasteiger partial charge is 0.127 e. The van der Waals surface area contributed by atoms with Crippen LogP contribution in [0.3, 0.4) is 0 Å². The minimum atomic E-state index is 0.989. The first-order chi connectivity index (χ1) is 9.78. The fourth-order valence-electron chi connectivity index (χ4n) is 2.51. The van der Waals surface area contributed by atoms with E-state index in [0.29, 0.717) is 0 Å². The first-order valence-corrected chi connectivity index (χ1v) is 7.74. The maximum atomic E-state index is 5.50. The Labute approximate surface area is 123 Å². The summed E-state index contributed by atoms with van der Waals surface area (Å²) in [4.78, 5) is 0. The van der Waals surface area contributed by atoms with Gasteiger partial charge in [0, 0.05) is 10.1 Å². The number of rotatable bonds is 4. The molecule has 3 rings (SSSR count). The van der Waals surface area contributed by atoms with Crippen LogP contribution in [0, 0.1) is 6.92 Å². The van der Waals surface area contributed by atoms with E-state index in [0.717, 1.165) is 18.6 Å². The van der Waals surface area contributed by atoms with Crippen molar-refractivity contribution < 1.29 is 4.74 Å². The molecule has 0 atom stereocenters. The van der Waals surface area contributed by atoms with Crippen molar-refractivity contribution in [2.24, 2.45) is 0 Å². The number of ether oxygens (including phenoxy) is 1. The van der Waals surface area contributed by atoms with Crippen LogP contribution in [0.15, 0.2) is 47.8 Å². The Morgan fingerprint density at radius 3 is 2.55 bits per heavy atom. The molecule has 102 valence electrons. The Balaban J connectivity index is 1.86. The molecule has 3 aromatic rings. The van der Waals surface area contributed by atoms with Gasteiger partial charge in [-0.05, 0) is 48.4 Å². The molecule has 0 saturated carbocycles. The summed E-state index contributed by atoms with van der Waals surface area (Å²) in [6.07, 6.45) is 2.13. The molecule has 2 heteroatoms. The second-order valence-electron chi connectivity index (χ2n) is 5.08. The zero-order valence-electron chi connectivity index (χ0n) is 11.8. The average Bonchev–Trinajstić information content (AvgIpc) is 2.90. The van der Waals surface area contributed by atoms with Gasteiger partial charge in [0.15, 0.2) is 0 Å². The molecule has 0 fully saturated rings. The zero-order valence-corrected chi connectivity index (χ0v) is 12.7. The van der Waals surface area contributed by atoms with E-state index in [1.165, 1.54) is 26.8 Å². The van der Waals surface area contributed by atoms with Crippen molar-refractivity contribution in [3.05, 3.63) is 64.5 Å². The predicted molar refractivity (Wildman–Crippen MR) is 87.0 cm³/mol. The molecule has 0 aliphatic carbocycles. The van der Waals surface area contributed by atoms with Crippen LogP contribution in [0.4, 0.5) is 0 Å². The summed E-state index contributed by atoms with van der Waals surface area (Å²) in [6, 6.07) is 15.1. The fraction of sp³-hybridized carbons (Fsp3) is 0.222. The number of benzene rings is 2. The molecule has 20 heavy (non-hydrogen) atoms. The lowest BCUT2D eigenvalue weighted by molar-refractivity contribution is 0.419. The minimum Gasteiger partial charge on any atom is -0.496 e. The van der Waals surface area contributed by atoms with Crippen molar-refractivity contribution in [3.63, 3.8) is 0 Å². The number of hydrogen-bond acceptors (Lipinski definition) is 2. The Bertz CT molecular complexity index is 710. The van der Waals surface area contributed by atoms with E-state index < -0.39 is 0 Å². The van der Waals surface area contributed by atoms with Crippen molar-refractivity contribution in [2.45, 2.75) is 19.8 Å². The third-order valence-corrected chi connectivity index (χ3v) is 4.66. The number of aryl methyl sites for hydroxylation is 3. The van der Waals surface area contributed by atoms with Crippen LogP contribution in [0.1, 0.15) is 16.7 Å². The van der Waals surface area contributed by atoms with Gasteiger partial charge in [0.05, 0.1) is 7.11 Å². The summed E-state index contributed by atoms with van der Waals surface area (Å²) in [5, 5.41) is 3.55. The molecule has 0 N–H and O–H groups in total. The van der Waals surface area contributed by atoms with Crippen molar-refractivity contribution in [2.75, 3.05) is 7.11 Å². The van der Waals surface area contributed by atoms with E-state index >= 15 is 0 Å². The summed E-state index contributed by atoms with van der Waals surface area (Å²) >= 11 is 1.80. The summed E-state index contributed by atoms with van der Waals surface area (Å²) in [5.41, 5.74) is 4.10. The lowest BCUT2D eigenvalue weighted by Crippen LogP contribution is -1.92. The monoisotopic (exact) mass is 282 g/mol. The Morgan fingerprint density at radius 2 is 1.80 bits per heavy atom. The van der Waals surface area contributed by atoms with Crippen LogP contribution in [-0.2, 0) is 12.8 Å². The first kappa shape index (κ1) is 13.2. The van der Waals surface area contributed by atoms with Gasteiger partial charge in [-0.25, -0.2) is 0 Å². The van der Waals surface area contributed by atoms with Gasteiger partial charge < -0.3 is 4.74 Å². The van der Waals surface area contributed by atoms with Crippen LogP contribution < -0.4 is 4.74 Å². The normalized spacial score (nSPS) is 10.9. The van der Waals surface area contributed by atoms with Gasteiger partial charge in [-0.15, -0.1) is 11.3 Å². The van der Waals surface area contributed by atoms with Crippen molar-refractivity contribution in [1.82, 2.24) is 0 Å². The van der Waals surface area contributed by atoms with Gasteiger partial charge in [0.2, 0.25) is 0 Å². The second kappa shape index (κ2) is 5.68. The number of methoxy groups -OCH3 is 1. The van der Waals surface area contributed by atoms with E-state index in [1.807, 2.05) is 6.07 Å². The third kappa shape index (κ3) is 2.56. The highest BCUT2D eigenvalue weighted by molar-refractivity contribution is 7.17. The average molecular weight is 282 g/mol. The summed E-state index contributed by atoms with van der Waals surface area (Å²) in [6.45, 7) is 2.13. The summed E-state index contributed by atoms with van der Waals surface area (Å²) in [7, 11) is 1.75. The Morgan fingerprint density at radius 1 is 1.00 bits per heavy atom. The molecule has 0 aliphatic rings. The van der Waals surface area contributed by atoms with Crippen molar-refractivity contribution >= 4 is 21.4 Å². The number of hydrogen-bond donors (Lipinski definition) is 0. The van der Waals surface area contributed by atoms with Gasteiger partial charge in [-0.3, -0.25) is 0 Å². The van der Waals surface area contributed by atoms with Crippen molar-refractivity contribution in [1.29, 1.82) is 0 Å². The highest BCUT2D eigenvalue weighted by Crippen LogP contribution is 2.34. The topological polar surface area (TPSA) is 9.23 Å². The van der Waals surface area contributed by atoms with Crippen LogP contribution in [-0.4, -0.2) is 7.11 Å². The molecule has 0 radical (unpaired) electrons. The third-order valence-electron chi connectivity index (χ3n) is 3.66. The summed E-state index contributed by atoms with van der Waals surface area (Å²) < 4.78 is 6.81. The quantitative estimate of drug-likeness (QED) is 0.654. The lowest BCUT2D eigenvalue weighted by atomic mass is 10.0. The zero-order chi connectivity index (χ0) is 13.9. The van der Waals surface area contributed by atoms with Gasteiger partial charge in [0.25, 0.3) is 0 Å². The lowest BCUT2D eigenvalue weighted by Gasteiger charge is -2.05. The van der Waals surface area contributed by atoms with Crippen molar-refractivity contribution in [3.8, 4) is 5.75 Å². The SMILES string of the molecule is COc1cccc2scc(CCc3ccc(C)cc3)c12. The van der Waals surface area contributed by atoms with E-state index in [4.69, 9.17) is 4.74 Å². The molecule has 0 amide bonds. The largest absolute Gasteiger partial charge is 0.496 e. The van der Waals surface area contributed by atoms with E-state index in [2.05, 4.69) is 48.7 Å². The molecule has 1 aromatic heterocycles. The fourth-order valence-corrected chi connectivity index (χ4v) is 3.52. The highest BCUT2D eigenvalue weighted by Gasteiger charge is 2.09. The Kier molecular flexibility index (Phi) is 3.75. The minimum absolute atomic E-state index is 0.989. The van der Waals surface area contributed by atoms with E-state index in [9.17, 15) is 0 Å². The maximum Gasteiger partial charge on any atom is 0.127 e. The van der Waals surface area contributed by atoms with Gasteiger partial charge in [-0.1, -0.05) is 35.9 Å². The predicted octanol–water partition coefficient (Wildman–Crippen LogP) is 5.00. The molecule has 0 unspecified atom stereocenters. The number of thiophene rings is 1. The van der Waals surface area contributed by atoms with Crippen LogP contribution in [0.25, 0.3) is 10.1 Å². The van der Waals surface area contributed by atoms with E-state index in [1.54, 1.807) is 18.4 Å². The maximum absolute atomic E-state index is 5.50. The van der Waals surface area contributed by atoms with Crippen LogP contribution >= 0.6 is 11.3 Å². The molecule has 1 heterocycles. The van der Waals surface area contributed by atoms with Gasteiger partial charge in [0.1, 0.15) is 5.75 Å². The standard InChI is InChI=1S/C18H18OS/c1-13-6-8-14(9-7-13)10-11-15-12-20-17-5-3-4-16(19-2)18(15)17/h3-9,12H,10-11H2,1-2H3.